The molecule has 132 valence electrons. The molecule has 0 radical (unpaired) electrons. The SMILES string of the molecule is CCn1c(S[C@H](C)C(=O)NNC(=O)c2ccccc2)nnc1C1CC1. The molecular weight excluding hydrogens is 338 g/mol. The molecule has 0 saturated heterocycles. The molecule has 0 spiro atoms. The van der Waals surface area contributed by atoms with E-state index < -0.39 is 5.25 Å². The first-order valence-electron chi connectivity index (χ1n) is 8.35. The van der Waals surface area contributed by atoms with Gasteiger partial charge in [-0.1, -0.05) is 30.0 Å². The molecule has 1 saturated carbocycles. The van der Waals surface area contributed by atoms with Gasteiger partial charge in [0.25, 0.3) is 11.8 Å². The molecule has 1 aromatic heterocycles. The number of nitrogens with zero attached hydrogens (tertiary/aromatic N) is 3. The summed E-state index contributed by atoms with van der Waals surface area (Å²) in [6.45, 7) is 4.60. The average molecular weight is 359 g/mol. The minimum atomic E-state index is -0.405. The van der Waals surface area contributed by atoms with Gasteiger partial charge in [0.2, 0.25) is 0 Å². The predicted molar refractivity (Wildman–Crippen MR) is 95.0 cm³/mol. The summed E-state index contributed by atoms with van der Waals surface area (Å²) in [6.07, 6.45) is 2.31. The van der Waals surface area contributed by atoms with Gasteiger partial charge in [-0.05, 0) is 38.8 Å². The predicted octanol–water partition coefficient (Wildman–Crippen LogP) is 2.12. The second-order valence-corrected chi connectivity index (χ2v) is 7.24. The minimum Gasteiger partial charge on any atom is -0.306 e. The summed E-state index contributed by atoms with van der Waals surface area (Å²) >= 11 is 1.34. The standard InChI is InChI=1S/C17H21N5O2S/c1-3-22-14(12-9-10-12)18-21-17(22)25-11(2)15(23)19-20-16(24)13-7-5-4-6-8-13/h4-8,11-12H,3,9-10H2,1-2H3,(H,19,23)(H,20,24)/t11-/m1/s1. The number of carbonyl (C=O) groups excluding carboxylic acids is 2. The van der Waals surface area contributed by atoms with Crippen molar-refractivity contribution in [1.82, 2.24) is 25.6 Å². The second kappa shape index (κ2) is 7.69. The van der Waals surface area contributed by atoms with E-state index in [1.54, 1.807) is 31.2 Å². The van der Waals surface area contributed by atoms with E-state index in [2.05, 4.69) is 25.6 Å². The molecule has 1 aliphatic rings. The molecule has 1 fully saturated rings. The number of hydrazine groups is 1. The normalized spacial score (nSPS) is 14.8. The zero-order valence-electron chi connectivity index (χ0n) is 14.2. The van der Waals surface area contributed by atoms with Gasteiger partial charge in [-0.15, -0.1) is 10.2 Å². The van der Waals surface area contributed by atoms with Crippen LogP contribution in [-0.4, -0.2) is 31.8 Å². The van der Waals surface area contributed by atoms with Crippen LogP contribution >= 0.6 is 11.8 Å². The Balaban J connectivity index is 1.55. The van der Waals surface area contributed by atoms with E-state index >= 15 is 0 Å². The van der Waals surface area contributed by atoms with Crippen molar-refractivity contribution in [2.24, 2.45) is 0 Å². The highest BCUT2D eigenvalue weighted by Gasteiger charge is 2.30. The number of carbonyl (C=O) groups is 2. The van der Waals surface area contributed by atoms with E-state index in [-0.39, 0.29) is 11.8 Å². The molecule has 8 heteroatoms. The van der Waals surface area contributed by atoms with Crippen LogP contribution in [0.4, 0.5) is 0 Å². The van der Waals surface area contributed by atoms with Crippen molar-refractivity contribution in [1.29, 1.82) is 0 Å². The summed E-state index contributed by atoms with van der Waals surface area (Å²) in [4.78, 5) is 24.2. The second-order valence-electron chi connectivity index (χ2n) is 5.93. The molecule has 7 nitrogen and oxygen atoms in total. The maximum atomic E-state index is 12.2. The summed E-state index contributed by atoms with van der Waals surface area (Å²) in [5.74, 6) is 0.887. The summed E-state index contributed by atoms with van der Waals surface area (Å²) in [5.41, 5.74) is 5.39. The van der Waals surface area contributed by atoms with Crippen molar-refractivity contribution in [3.63, 3.8) is 0 Å². The number of benzene rings is 1. The number of nitrogens with one attached hydrogen (secondary N) is 2. The number of hydrogen-bond donors (Lipinski definition) is 2. The Bertz CT molecular complexity index is 758. The zero-order valence-corrected chi connectivity index (χ0v) is 15.0. The highest BCUT2D eigenvalue weighted by molar-refractivity contribution is 8.00. The molecule has 2 amide bonds. The van der Waals surface area contributed by atoms with Crippen LogP contribution in [0.3, 0.4) is 0 Å². The van der Waals surface area contributed by atoms with Crippen molar-refractivity contribution in [3.05, 3.63) is 41.7 Å². The molecule has 1 heterocycles. The smallest absolute Gasteiger partial charge is 0.269 e. The van der Waals surface area contributed by atoms with Gasteiger partial charge in [-0.3, -0.25) is 20.4 Å². The topological polar surface area (TPSA) is 88.9 Å². The Labute approximate surface area is 150 Å². The first-order valence-corrected chi connectivity index (χ1v) is 9.23. The van der Waals surface area contributed by atoms with Gasteiger partial charge in [0.15, 0.2) is 5.16 Å². The van der Waals surface area contributed by atoms with Gasteiger partial charge >= 0.3 is 0 Å². The summed E-state index contributed by atoms with van der Waals surface area (Å²) in [6, 6.07) is 8.73. The maximum absolute atomic E-state index is 12.2. The third-order valence-electron chi connectivity index (χ3n) is 3.99. The Morgan fingerprint density at radius 2 is 1.96 bits per heavy atom. The van der Waals surface area contributed by atoms with E-state index in [0.29, 0.717) is 11.5 Å². The van der Waals surface area contributed by atoms with E-state index in [1.165, 1.54) is 11.8 Å². The fourth-order valence-corrected chi connectivity index (χ4v) is 3.34. The first-order chi connectivity index (χ1) is 12.1. The molecule has 1 aliphatic carbocycles. The van der Waals surface area contributed by atoms with Crippen molar-refractivity contribution < 1.29 is 9.59 Å². The van der Waals surface area contributed by atoms with Gasteiger partial charge in [0, 0.05) is 18.0 Å². The van der Waals surface area contributed by atoms with Crippen LogP contribution in [0.25, 0.3) is 0 Å². The lowest BCUT2D eigenvalue weighted by molar-refractivity contribution is -0.121. The summed E-state index contributed by atoms with van der Waals surface area (Å²) < 4.78 is 2.06. The third-order valence-corrected chi connectivity index (χ3v) is 5.07. The van der Waals surface area contributed by atoms with E-state index in [9.17, 15) is 9.59 Å². The lowest BCUT2D eigenvalue weighted by Gasteiger charge is -2.13. The molecule has 25 heavy (non-hydrogen) atoms. The first kappa shape index (κ1) is 17.5. The molecule has 1 aromatic carbocycles. The third kappa shape index (κ3) is 4.19. The highest BCUT2D eigenvalue weighted by atomic mass is 32.2. The molecule has 0 unspecified atom stereocenters. The van der Waals surface area contributed by atoms with Crippen LogP contribution in [0, 0.1) is 0 Å². The largest absolute Gasteiger partial charge is 0.306 e. The van der Waals surface area contributed by atoms with Crippen LogP contribution in [0.1, 0.15) is 48.8 Å². The number of amides is 2. The Morgan fingerprint density at radius 3 is 2.60 bits per heavy atom. The number of hydrogen-bond acceptors (Lipinski definition) is 5. The lowest BCUT2D eigenvalue weighted by atomic mass is 10.2. The van der Waals surface area contributed by atoms with E-state index in [4.69, 9.17) is 0 Å². The van der Waals surface area contributed by atoms with Gasteiger partial charge in [-0.25, -0.2) is 0 Å². The Kier molecular flexibility index (Phi) is 5.37. The van der Waals surface area contributed by atoms with Crippen LogP contribution in [0.2, 0.25) is 0 Å². The minimum absolute atomic E-state index is 0.284. The molecule has 2 aromatic rings. The molecule has 3 rings (SSSR count). The van der Waals surface area contributed by atoms with E-state index in [1.807, 2.05) is 13.0 Å². The molecule has 0 aliphatic heterocycles. The quantitative estimate of drug-likeness (QED) is 0.609. The van der Waals surface area contributed by atoms with Gasteiger partial charge in [-0.2, -0.15) is 0 Å². The van der Waals surface area contributed by atoms with Crippen molar-refractivity contribution in [3.8, 4) is 0 Å². The molecule has 0 bridgehead atoms. The maximum Gasteiger partial charge on any atom is 0.269 e. The van der Waals surface area contributed by atoms with Crippen LogP contribution in [-0.2, 0) is 11.3 Å². The summed E-state index contributed by atoms with van der Waals surface area (Å²) in [5, 5.41) is 8.82. The molecular formula is C17H21N5O2S. The fourth-order valence-electron chi connectivity index (χ4n) is 2.42. The number of aromatic nitrogens is 3. The van der Waals surface area contributed by atoms with Crippen molar-refractivity contribution in [2.45, 2.75) is 49.6 Å². The average Bonchev–Trinajstić information content (AvgIpc) is 3.41. The van der Waals surface area contributed by atoms with Crippen LogP contribution in [0.15, 0.2) is 35.5 Å². The van der Waals surface area contributed by atoms with Gasteiger partial charge < -0.3 is 4.57 Å². The van der Waals surface area contributed by atoms with Gasteiger partial charge in [0.05, 0.1) is 5.25 Å². The van der Waals surface area contributed by atoms with Crippen LogP contribution in [0.5, 0.6) is 0 Å². The number of thioether (sulfide) groups is 1. The van der Waals surface area contributed by atoms with Gasteiger partial charge in [0.1, 0.15) is 5.82 Å². The van der Waals surface area contributed by atoms with Crippen molar-refractivity contribution in [2.75, 3.05) is 0 Å². The highest BCUT2D eigenvalue weighted by Crippen LogP contribution is 2.40. The van der Waals surface area contributed by atoms with Crippen molar-refractivity contribution >= 4 is 23.6 Å². The molecule has 1 atom stereocenters. The molecule has 2 N–H and O–H groups in total. The van der Waals surface area contributed by atoms with E-state index in [0.717, 1.165) is 30.4 Å². The zero-order chi connectivity index (χ0) is 17.8. The number of rotatable bonds is 6. The summed E-state index contributed by atoms with van der Waals surface area (Å²) in [7, 11) is 0. The Hall–Kier alpha value is -2.35. The van der Waals surface area contributed by atoms with Crippen LogP contribution < -0.4 is 10.9 Å². The lowest BCUT2D eigenvalue weighted by Crippen LogP contribution is -2.44. The Morgan fingerprint density at radius 1 is 1.24 bits per heavy atom. The fraction of sp³-hybridized carbons (Fsp3) is 0.412. The monoisotopic (exact) mass is 359 g/mol.